The molecule has 13 heteroatoms. The lowest BCUT2D eigenvalue weighted by Crippen LogP contribution is -2.27. The van der Waals surface area contributed by atoms with Gasteiger partial charge in [-0.25, -0.2) is 13.9 Å². The fraction of sp³-hybridized carbons (Fsp3) is 0.400. The molecule has 1 fully saturated rings. The van der Waals surface area contributed by atoms with E-state index in [9.17, 15) is 4.39 Å². The molecule has 0 aliphatic carbocycles. The molecule has 0 spiro atoms. The van der Waals surface area contributed by atoms with Crippen molar-refractivity contribution in [2.24, 2.45) is 7.05 Å². The lowest BCUT2D eigenvalue weighted by Gasteiger charge is -2.24. The average molecular weight is 539 g/mol. The third-order valence-electron chi connectivity index (χ3n) is 6.77. The number of pyridine rings is 1. The minimum absolute atomic E-state index is 0.231. The molecule has 0 amide bonds. The number of hydrogen-bond acceptors (Lipinski definition) is 8. The molecule has 5 aromatic heterocycles. The first-order valence-corrected chi connectivity index (χ1v) is 12.6. The Morgan fingerprint density at radius 3 is 2.68 bits per heavy atom. The summed E-state index contributed by atoms with van der Waals surface area (Å²) in [7, 11) is 3.76. The summed E-state index contributed by atoms with van der Waals surface area (Å²) in [6, 6.07) is 1.60. The van der Waals surface area contributed by atoms with Gasteiger partial charge < -0.3 is 19.5 Å². The van der Waals surface area contributed by atoms with Crippen molar-refractivity contribution in [2.45, 2.75) is 38.4 Å². The number of nitrogens with zero attached hydrogens (tertiary/aromatic N) is 9. The van der Waals surface area contributed by atoms with Crippen molar-refractivity contribution in [2.75, 3.05) is 25.5 Å². The van der Waals surface area contributed by atoms with Gasteiger partial charge in [0.15, 0.2) is 23.0 Å². The summed E-state index contributed by atoms with van der Waals surface area (Å²) in [5.41, 5.74) is 2.45. The maximum absolute atomic E-state index is 14.9. The molecule has 0 unspecified atom stereocenters. The molecule has 0 saturated carbocycles. The van der Waals surface area contributed by atoms with Crippen LogP contribution in [0.2, 0.25) is 5.02 Å². The minimum Gasteiger partial charge on any atom is -0.450 e. The number of rotatable bonds is 5. The zero-order chi connectivity index (χ0) is 26.8. The maximum Gasteiger partial charge on any atom is 0.210 e. The minimum atomic E-state index is -0.991. The molecule has 11 nitrogen and oxygen atoms in total. The molecule has 198 valence electrons. The molecule has 0 bridgehead atoms. The summed E-state index contributed by atoms with van der Waals surface area (Å²) >= 11 is 6.77. The first kappa shape index (κ1) is 24.6. The van der Waals surface area contributed by atoms with Gasteiger partial charge in [0.05, 0.1) is 24.6 Å². The largest absolute Gasteiger partial charge is 0.450 e. The molecule has 38 heavy (non-hydrogen) atoms. The fourth-order valence-corrected chi connectivity index (χ4v) is 5.15. The lowest BCUT2D eigenvalue weighted by atomic mass is 9.91. The Labute approximate surface area is 223 Å². The van der Waals surface area contributed by atoms with Gasteiger partial charge in [-0.1, -0.05) is 32.4 Å². The second-order valence-electron chi connectivity index (χ2n) is 10.7. The third kappa shape index (κ3) is 4.13. The molecule has 6 heterocycles. The van der Waals surface area contributed by atoms with Crippen LogP contribution in [0.4, 0.5) is 16.2 Å². The van der Waals surface area contributed by atoms with Crippen LogP contribution in [0.1, 0.15) is 32.5 Å². The number of halogens is 2. The molecule has 2 atom stereocenters. The molecule has 1 saturated heterocycles. The Balaban J connectivity index is 1.34. The maximum atomic E-state index is 14.9. The summed E-state index contributed by atoms with van der Waals surface area (Å²) in [5.74, 6) is 1.94. The van der Waals surface area contributed by atoms with Gasteiger partial charge >= 0.3 is 0 Å². The number of anilines is 2. The van der Waals surface area contributed by atoms with E-state index >= 15 is 0 Å². The predicted molar refractivity (Wildman–Crippen MR) is 142 cm³/mol. The van der Waals surface area contributed by atoms with E-state index < -0.39 is 6.17 Å². The zero-order valence-corrected chi connectivity index (χ0v) is 22.5. The van der Waals surface area contributed by atoms with Crippen molar-refractivity contribution >= 4 is 40.0 Å². The smallest absolute Gasteiger partial charge is 0.210 e. The number of aromatic nitrogens is 8. The molecule has 6 rings (SSSR count). The van der Waals surface area contributed by atoms with Crippen LogP contribution in [0, 0.1) is 0 Å². The van der Waals surface area contributed by atoms with Gasteiger partial charge in [-0.2, -0.15) is 15.2 Å². The number of hydrogen-bond donors (Lipinski definition) is 1. The van der Waals surface area contributed by atoms with Gasteiger partial charge in [0.2, 0.25) is 5.95 Å². The Hall–Kier alpha value is -3.77. The van der Waals surface area contributed by atoms with Crippen molar-refractivity contribution in [1.29, 1.82) is 0 Å². The quantitative estimate of drug-likeness (QED) is 0.348. The Morgan fingerprint density at radius 1 is 1.13 bits per heavy atom. The standard InChI is InChI=1S/C25H28ClFN10O/c1-25(2,3)19-8-20(33-37(19)16-13-34(4)12-14(16)27)31-24-32-23-22(35(24)5)21(26)18(10-29-23)38-17-11-30-36-7-6-28-9-15(17)36/h6-11,14,16H,12-13H2,1-5H3,(H,29,31,32,33)/t14-,16+/m1/s1. The molecule has 0 aromatic carbocycles. The summed E-state index contributed by atoms with van der Waals surface area (Å²) < 4.78 is 26.2. The van der Waals surface area contributed by atoms with Gasteiger partial charge in [0, 0.05) is 49.7 Å². The number of imidazole rings is 1. The number of likely N-dealkylation sites (N-methyl/N-ethyl adjacent to an activating group) is 1. The summed E-state index contributed by atoms with van der Waals surface area (Å²) in [4.78, 5) is 15.2. The summed E-state index contributed by atoms with van der Waals surface area (Å²) in [6.07, 6.45) is 7.18. The van der Waals surface area contributed by atoms with Gasteiger partial charge in [0.25, 0.3) is 0 Å². The Bertz CT molecular complexity index is 1650. The normalized spacial score (nSPS) is 18.6. The number of likely N-dealkylation sites (tertiary alicyclic amines) is 1. The van der Waals surface area contributed by atoms with Gasteiger partial charge in [0.1, 0.15) is 22.2 Å². The highest BCUT2D eigenvalue weighted by Crippen LogP contribution is 2.37. The number of ether oxygens (including phenoxy) is 1. The van der Waals surface area contributed by atoms with Gasteiger partial charge in [-0.15, -0.1) is 0 Å². The molecule has 5 aromatic rings. The van der Waals surface area contributed by atoms with Crippen molar-refractivity contribution in [3.63, 3.8) is 0 Å². The number of alkyl halides is 1. The number of aryl methyl sites for hydroxylation is 1. The second kappa shape index (κ2) is 8.91. The van der Waals surface area contributed by atoms with Crippen LogP contribution in [0.3, 0.4) is 0 Å². The molecular weight excluding hydrogens is 511 g/mol. The van der Waals surface area contributed by atoms with E-state index in [4.69, 9.17) is 21.4 Å². The fourth-order valence-electron chi connectivity index (χ4n) is 4.85. The van der Waals surface area contributed by atoms with E-state index in [-0.39, 0.29) is 11.5 Å². The van der Waals surface area contributed by atoms with Gasteiger partial charge in [-0.05, 0) is 7.05 Å². The summed E-state index contributed by atoms with van der Waals surface area (Å²) in [5, 5.41) is 12.7. The SMILES string of the molecule is CN1C[C@@H](F)[C@@H](n2nc(Nc3nc4ncc(Oc5cnn6ccncc56)c(Cl)c4n3C)cc2C(C)(C)C)C1. The molecule has 1 aliphatic rings. The topological polar surface area (TPSA) is 103 Å². The van der Waals surface area contributed by atoms with Crippen LogP contribution in [-0.4, -0.2) is 70.1 Å². The average Bonchev–Trinajstić information content (AvgIpc) is 3.62. The van der Waals surface area contributed by atoms with Crippen molar-refractivity contribution in [1.82, 2.24) is 43.8 Å². The Kier molecular flexibility index (Phi) is 5.76. The lowest BCUT2D eigenvalue weighted by molar-refractivity contribution is 0.258. The first-order chi connectivity index (χ1) is 18.1. The molecule has 1 aliphatic heterocycles. The highest BCUT2D eigenvalue weighted by Gasteiger charge is 2.36. The summed E-state index contributed by atoms with van der Waals surface area (Å²) in [6.45, 7) is 7.27. The molecular formula is C25H28ClFN10O. The van der Waals surface area contributed by atoms with E-state index in [2.05, 4.69) is 46.1 Å². The van der Waals surface area contributed by atoms with E-state index in [1.165, 1.54) is 6.20 Å². The van der Waals surface area contributed by atoms with Crippen molar-refractivity contribution in [3.8, 4) is 11.5 Å². The highest BCUT2D eigenvalue weighted by molar-refractivity contribution is 6.36. The van der Waals surface area contributed by atoms with Gasteiger partial charge in [-0.3, -0.25) is 9.67 Å². The monoisotopic (exact) mass is 538 g/mol. The van der Waals surface area contributed by atoms with E-state index in [1.54, 1.807) is 33.9 Å². The van der Waals surface area contributed by atoms with Crippen LogP contribution in [0.5, 0.6) is 11.5 Å². The Morgan fingerprint density at radius 2 is 1.95 bits per heavy atom. The molecule has 1 N–H and O–H groups in total. The van der Waals surface area contributed by atoms with E-state index in [1.807, 2.05) is 29.7 Å². The third-order valence-corrected chi connectivity index (χ3v) is 7.14. The number of fused-ring (bicyclic) bond motifs is 2. The van der Waals surface area contributed by atoms with Crippen molar-refractivity contribution in [3.05, 3.63) is 47.8 Å². The van der Waals surface area contributed by atoms with E-state index in [0.717, 1.165) is 5.69 Å². The number of nitrogens with one attached hydrogen (secondary N) is 1. The van der Waals surface area contributed by atoms with E-state index in [0.29, 0.717) is 58.1 Å². The van der Waals surface area contributed by atoms with Crippen LogP contribution in [0.25, 0.3) is 16.7 Å². The second-order valence-corrected chi connectivity index (χ2v) is 11.0. The predicted octanol–water partition coefficient (Wildman–Crippen LogP) is 4.52. The molecule has 0 radical (unpaired) electrons. The van der Waals surface area contributed by atoms with Crippen LogP contribution in [0.15, 0.2) is 37.1 Å². The zero-order valence-electron chi connectivity index (χ0n) is 21.7. The van der Waals surface area contributed by atoms with Crippen LogP contribution >= 0.6 is 11.6 Å². The first-order valence-electron chi connectivity index (χ1n) is 12.3. The van der Waals surface area contributed by atoms with Crippen LogP contribution in [-0.2, 0) is 12.5 Å². The highest BCUT2D eigenvalue weighted by atomic mass is 35.5. The van der Waals surface area contributed by atoms with Crippen molar-refractivity contribution < 1.29 is 9.13 Å². The van der Waals surface area contributed by atoms with Crippen LogP contribution < -0.4 is 10.1 Å².